The van der Waals surface area contributed by atoms with E-state index in [1.54, 1.807) is 6.92 Å². The van der Waals surface area contributed by atoms with Crippen molar-refractivity contribution in [3.05, 3.63) is 36.4 Å². The van der Waals surface area contributed by atoms with E-state index < -0.39 is 11.9 Å². The van der Waals surface area contributed by atoms with Gasteiger partial charge in [0.2, 0.25) is 11.9 Å². The molecule has 6 nitrogen and oxygen atoms in total. The van der Waals surface area contributed by atoms with Crippen LogP contribution in [-0.4, -0.2) is 28.0 Å². The summed E-state index contributed by atoms with van der Waals surface area (Å²) in [4.78, 5) is 29.9. The Kier molecular flexibility index (Phi) is 4.03. The summed E-state index contributed by atoms with van der Waals surface area (Å²) in [5, 5.41) is 2.80. The smallest absolute Gasteiger partial charge is 0.320 e. The van der Waals surface area contributed by atoms with Gasteiger partial charge in [-0.25, -0.2) is 4.98 Å². The van der Waals surface area contributed by atoms with Crippen molar-refractivity contribution < 1.29 is 14.3 Å². The second kappa shape index (κ2) is 6.35. The standard InChI is InChI=1S/C19H21N3O3/c1-2-25-18(24)15-16(12-8-4-3-5-9-12)22-14-11-7-6-10-13(14)20-19(22)21-17(15)23/h3-4,6-7,10-12,15-16H,2,5,8-9H2,1H3,(H,20,21,23)/t12-,15-,16+/m0/s1. The van der Waals surface area contributed by atoms with E-state index in [1.165, 1.54) is 0 Å². The molecule has 1 N–H and O–H groups in total. The number of esters is 1. The Balaban J connectivity index is 1.87. The van der Waals surface area contributed by atoms with Crippen LogP contribution in [0.4, 0.5) is 5.95 Å². The third-order valence-electron chi connectivity index (χ3n) is 5.09. The number of aromatic nitrogens is 2. The fraction of sp³-hybridized carbons (Fsp3) is 0.421. The van der Waals surface area contributed by atoms with Gasteiger partial charge in [-0.2, -0.15) is 0 Å². The van der Waals surface area contributed by atoms with Gasteiger partial charge in [0.25, 0.3) is 0 Å². The van der Waals surface area contributed by atoms with Crippen LogP contribution in [0.5, 0.6) is 0 Å². The summed E-state index contributed by atoms with van der Waals surface area (Å²) in [7, 11) is 0. The average Bonchev–Trinajstić information content (AvgIpc) is 2.99. The number of ether oxygens (including phenoxy) is 1. The molecule has 0 spiro atoms. The van der Waals surface area contributed by atoms with E-state index in [4.69, 9.17) is 4.74 Å². The zero-order valence-corrected chi connectivity index (χ0v) is 14.1. The molecule has 0 fully saturated rings. The molecule has 25 heavy (non-hydrogen) atoms. The number of benzene rings is 1. The maximum absolute atomic E-state index is 12.7. The van der Waals surface area contributed by atoms with Gasteiger partial charge in [-0.3, -0.25) is 14.9 Å². The Labute approximate surface area is 145 Å². The van der Waals surface area contributed by atoms with Gasteiger partial charge in [-0.15, -0.1) is 0 Å². The summed E-state index contributed by atoms with van der Waals surface area (Å²) in [6.07, 6.45) is 7.05. The second-order valence-corrected chi connectivity index (χ2v) is 6.55. The summed E-state index contributed by atoms with van der Waals surface area (Å²) in [5.41, 5.74) is 1.75. The molecule has 1 aliphatic heterocycles. The van der Waals surface area contributed by atoms with Gasteiger partial charge in [-0.1, -0.05) is 24.3 Å². The lowest BCUT2D eigenvalue weighted by Gasteiger charge is -2.37. The molecule has 0 unspecified atom stereocenters. The summed E-state index contributed by atoms with van der Waals surface area (Å²) < 4.78 is 7.25. The van der Waals surface area contributed by atoms with E-state index in [-0.39, 0.29) is 24.5 Å². The lowest BCUT2D eigenvalue weighted by Crippen LogP contribution is -2.45. The lowest BCUT2D eigenvalue weighted by atomic mass is 9.79. The van der Waals surface area contributed by atoms with E-state index >= 15 is 0 Å². The predicted molar refractivity (Wildman–Crippen MR) is 94.0 cm³/mol. The highest BCUT2D eigenvalue weighted by molar-refractivity contribution is 6.06. The number of fused-ring (bicyclic) bond motifs is 3. The van der Waals surface area contributed by atoms with Crippen molar-refractivity contribution in [2.75, 3.05) is 11.9 Å². The zero-order chi connectivity index (χ0) is 17.4. The van der Waals surface area contributed by atoms with E-state index in [1.807, 2.05) is 28.8 Å². The number of nitrogens with one attached hydrogen (secondary N) is 1. The van der Waals surface area contributed by atoms with Crippen LogP contribution in [0, 0.1) is 11.8 Å². The Bertz CT molecular complexity index is 855. The van der Waals surface area contributed by atoms with Crippen LogP contribution in [0.1, 0.15) is 32.2 Å². The van der Waals surface area contributed by atoms with E-state index in [9.17, 15) is 9.59 Å². The number of nitrogens with zero attached hydrogens (tertiary/aromatic N) is 2. The van der Waals surface area contributed by atoms with Crippen LogP contribution in [0.2, 0.25) is 0 Å². The molecule has 0 bridgehead atoms. The maximum atomic E-state index is 12.7. The molecule has 3 atom stereocenters. The van der Waals surface area contributed by atoms with Gasteiger partial charge in [-0.05, 0) is 44.2 Å². The molecule has 2 heterocycles. The average molecular weight is 339 g/mol. The third kappa shape index (κ3) is 2.62. The highest BCUT2D eigenvalue weighted by Gasteiger charge is 2.46. The molecule has 0 radical (unpaired) electrons. The van der Waals surface area contributed by atoms with Crippen molar-refractivity contribution in [1.29, 1.82) is 0 Å². The van der Waals surface area contributed by atoms with Crippen LogP contribution < -0.4 is 5.32 Å². The molecule has 1 aromatic carbocycles. The van der Waals surface area contributed by atoms with Crippen molar-refractivity contribution in [1.82, 2.24) is 9.55 Å². The molecule has 6 heteroatoms. The Hall–Kier alpha value is -2.63. The number of anilines is 1. The highest BCUT2D eigenvalue weighted by atomic mass is 16.5. The maximum Gasteiger partial charge on any atom is 0.320 e. The SMILES string of the molecule is CCOC(=O)[C@@H]1C(=O)Nc2nc3ccccc3n2[C@@H]1[C@H]1CC=CCC1. The van der Waals surface area contributed by atoms with Crippen molar-refractivity contribution in [3.63, 3.8) is 0 Å². The summed E-state index contributed by atoms with van der Waals surface area (Å²) in [6.45, 7) is 2.02. The molecule has 130 valence electrons. The minimum atomic E-state index is -0.846. The Morgan fingerprint density at radius 1 is 1.36 bits per heavy atom. The number of imidazole rings is 1. The molecule has 4 rings (SSSR count). The third-order valence-corrected chi connectivity index (χ3v) is 5.09. The first kappa shape index (κ1) is 15.9. The Morgan fingerprint density at radius 2 is 2.20 bits per heavy atom. The summed E-state index contributed by atoms with van der Waals surface area (Å²) >= 11 is 0. The first-order valence-electron chi connectivity index (χ1n) is 8.80. The monoisotopic (exact) mass is 339 g/mol. The van der Waals surface area contributed by atoms with Crippen molar-refractivity contribution in [3.8, 4) is 0 Å². The minimum absolute atomic E-state index is 0.196. The number of hydrogen-bond acceptors (Lipinski definition) is 4. The second-order valence-electron chi connectivity index (χ2n) is 6.55. The van der Waals surface area contributed by atoms with Crippen molar-refractivity contribution in [2.45, 2.75) is 32.2 Å². The molecule has 1 amide bonds. The lowest BCUT2D eigenvalue weighted by molar-refractivity contribution is -0.154. The van der Waals surface area contributed by atoms with Gasteiger partial charge in [0, 0.05) is 0 Å². The number of carbonyl (C=O) groups is 2. The van der Waals surface area contributed by atoms with E-state index in [0.717, 1.165) is 30.3 Å². The van der Waals surface area contributed by atoms with Crippen LogP contribution in [-0.2, 0) is 14.3 Å². The fourth-order valence-corrected chi connectivity index (χ4v) is 4.02. The molecule has 2 aromatic rings. The fourth-order valence-electron chi connectivity index (χ4n) is 4.02. The number of rotatable bonds is 3. The number of carbonyl (C=O) groups excluding carboxylic acids is 2. The Morgan fingerprint density at radius 3 is 2.96 bits per heavy atom. The van der Waals surface area contributed by atoms with Gasteiger partial charge >= 0.3 is 5.97 Å². The first-order chi connectivity index (χ1) is 12.2. The van der Waals surface area contributed by atoms with Gasteiger partial charge in [0.05, 0.1) is 23.7 Å². The van der Waals surface area contributed by atoms with Crippen LogP contribution >= 0.6 is 0 Å². The number of para-hydroxylation sites is 2. The normalized spacial score (nSPS) is 25.5. The minimum Gasteiger partial charge on any atom is -0.465 e. The zero-order valence-electron chi connectivity index (χ0n) is 14.1. The van der Waals surface area contributed by atoms with Gasteiger partial charge in [0.1, 0.15) is 0 Å². The summed E-state index contributed by atoms with van der Waals surface area (Å²) in [5.74, 6) is -0.904. The highest BCUT2D eigenvalue weighted by Crippen LogP contribution is 2.42. The van der Waals surface area contributed by atoms with E-state index in [2.05, 4.69) is 22.5 Å². The largest absolute Gasteiger partial charge is 0.465 e. The quantitative estimate of drug-likeness (QED) is 0.530. The van der Waals surface area contributed by atoms with Crippen LogP contribution in [0.15, 0.2) is 36.4 Å². The van der Waals surface area contributed by atoms with Crippen molar-refractivity contribution >= 4 is 28.9 Å². The molecule has 1 aliphatic carbocycles. The number of allylic oxidation sites excluding steroid dienone is 2. The van der Waals surface area contributed by atoms with E-state index in [0.29, 0.717) is 5.95 Å². The van der Waals surface area contributed by atoms with Crippen LogP contribution in [0.3, 0.4) is 0 Å². The molecule has 0 saturated carbocycles. The summed E-state index contributed by atoms with van der Waals surface area (Å²) in [6, 6.07) is 7.50. The van der Waals surface area contributed by atoms with Gasteiger partial charge < -0.3 is 9.30 Å². The molecule has 2 aliphatic rings. The van der Waals surface area contributed by atoms with Gasteiger partial charge in [0.15, 0.2) is 5.92 Å². The topological polar surface area (TPSA) is 73.2 Å². The first-order valence-corrected chi connectivity index (χ1v) is 8.80. The molecule has 1 aromatic heterocycles. The van der Waals surface area contributed by atoms with Crippen molar-refractivity contribution in [2.24, 2.45) is 11.8 Å². The predicted octanol–water partition coefficient (Wildman–Crippen LogP) is 3.07. The molecular formula is C19H21N3O3. The molecular weight excluding hydrogens is 318 g/mol. The van der Waals surface area contributed by atoms with Crippen LogP contribution in [0.25, 0.3) is 11.0 Å². The number of hydrogen-bond donors (Lipinski definition) is 1. The molecule has 0 saturated heterocycles. The number of amides is 1.